The number of hydrogen-bond donors (Lipinski definition) is 0. The van der Waals surface area contributed by atoms with Gasteiger partial charge in [0.15, 0.2) is 0 Å². The predicted octanol–water partition coefficient (Wildman–Crippen LogP) is 6.03. The normalized spacial score (nSPS) is 13.3. The van der Waals surface area contributed by atoms with Crippen LogP contribution in [-0.4, -0.2) is 0 Å². The van der Waals surface area contributed by atoms with Gasteiger partial charge in [-0.3, -0.25) is 0 Å². The maximum atomic E-state index is 3.94. The molecule has 100 valence electrons. The van der Waals surface area contributed by atoms with E-state index in [1.54, 1.807) is 0 Å². The summed E-state index contributed by atoms with van der Waals surface area (Å²) < 4.78 is 0. The van der Waals surface area contributed by atoms with Gasteiger partial charge in [-0.25, -0.2) is 0 Å². The van der Waals surface area contributed by atoms with Gasteiger partial charge < -0.3 is 0 Å². The molecule has 0 nitrogen and oxygen atoms in total. The molecule has 1 heterocycles. The second kappa shape index (κ2) is 7.85. The lowest BCUT2D eigenvalue weighted by molar-refractivity contribution is 0.871. The summed E-state index contributed by atoms with van der Waals surface area (Å²) in [5, 5.41) is 0. The van der Waals surface area contributed by atoms with Gasteiger partial charge in [0, 0.05) is 12.1 Å². The van der Waals surface area contributed by atoms with Crippen LogP contribution in [0.3, 0.4) is 0 Å². The fraction of sp³-hybridized carbons (Fsp3) is 0.278. The van der Waals surface area contributed by atoms with E-state index in [0.717, 1.165) is 12.8 Å². The van der Waals surface area contributed by atoms with Crippen LogP contribution in [-0.2, 0) is 0 Å². The SMILES string of the molecule is C=CCC(C=C)c1cc(C)cc(C(C=C)CC=C)[s+]1. The van der Waals surface area contributed by atoms with Gasteiger partial charge in [0.1, 0.15) is 0 Å². The van der Waals surface area contributed by atoms with Gasteiger partial charge in [0.05, 0.1) is 11.8 Å². The second-order valence-corrected chi connectivity index (χ2v) is 5.82. The Labute approximate surface area is 121 Å². The Balaban J connectivity index is 3.17. The molecule has 2 unspecified atom stereocenters. The maximum absolute atomic E-state index is 3.94. The van der Waals surface area contributed by atoms with Crippen LogP contribution in [0.15, 0.2) is 62.8 Å². The summed E-state index contributed by atoms with van der Waals surface area (Å²) in [4.78, 5) is 2.70. The molecule has 0 aliphatic rings. The molecule has 0 saturated heterocycles. The summed E-state index contributed by atoms with van der Waals surface area (Å²) >= 11 is 1.84. The molecule has 0 amide bonds. The molecule has 1 aromatic heterocycles. The lowest BCUT2D eigenvalue weighted by atomic mass is 10.0. The van der Waals surface area contributed by atoms with E-state index in [-0.39, 0.29) is 0 Å². The minimum Gasteiger partial charge on any atom is -0.103 e. The van der Waals surface area contributed by atoms with E-state index in [2.05, 4.69) is 45.4 Å². The zero-order chi connectivity index (χ0) is 14.3. The molecule has 1 rings (SSSR count). The minimum atomic E-state index is 0.357. The van der Waals surface area contributed by atoms with Crippen LogP contribution in [0.25, 0.3) is 0 Å². The van der Waals surface area contributed by atoms with Gasteiger partial charge in [-0.1, -0.05) is 24.3 Å². The average molecular weight is 271 g/mol. The van der Waals surface area contributed by atoms with Crippen molar-refractivity contribution in [1.29, 1.82) is 0 Å². The molecule has 0 aromatic carbocycles. The van der Waals surface area contributed by atoms with Crippen molar-refractivity contribution in [2.24, 2.45) is 0 Å². The molecule has 0 N–H and O–H groups in total. The third kappa shape index (κ3) is 4.29. The Morgan fingerprint density at radius 2 is 1.37 bits per heavy atom. The fourth-order valence-corrected chi connectivity index (χ4v) is 3.52. The average Bonchev–Trinajstić information content (AvgIpc) is 2.41. The monoisotopic (exact) mass is 271 g/mol. The Morgan fingerprint density at radius 3 is 1.68 bits per heavy atom. The Morgan fingerprint density at radius 1 is 0.947 bits per heavy atom. The van der Waals surface area contributed by atoms with Gasteiger partial charge in [-0.15, -0.1) is 26.3 Å². The van der Waals surface area contributed by atoms with E-state index >= 15 is 0 Å². The van der Waals surface area contributed by atoms with Crippen LogP contribution >= 0.6 is 11.3 Å². The van der Waals surface area contributed by atoms with Gasteiger partial charge in [-0.2, -0.15) is 0 Å². The van der Waals surface area contributed by atoms with Crippen LogP contribution in [0.1, 0.15) is 40.0 Å². The molecular formula is C18H23S+. The van der Waals surface area contributed by atoms with Crippen LogP contribution in [0, 0.1) is 6.92 Å². The fourth-order valence-electron chi connectivity index (χ4n) is 2.07. The van der Waals surface area contributed by atoms with Crippen molar-refractivity contribution in [3.8, 4) is 0 Å². The second-order valence-electron chi connectivity index (χ2n) is 4.67. The minimum absolute atomic E-state index is 0.357. The highest BCUT2D eigenvalue weighted by molar-refractivity contribution is 7.11. The van der Waals surface area contributed by atoms with Crippen molar-refractivity contribution in [3.63, 3.8) is 0 Å². The van der Waals surface area contributed by atoms with Crippen molar-refractivity contribution in [2.45, 2.75) is 31.6 Å². The topological polar surface area (TPSA) is 0 Å². The van der Waals surface area contributed by atoms with E-state index in [1.807, 2.05) is 35.6 Å². The number of rotatable bonds is 8. The standard InChI is InChI=1S/C18H23S/c1-6-10-15(8-3)17-12-14(5)13-18(19-17)16(9-4)11-7-2/h6-9,12-13,15-16H,1-4,10-11H2,5H3/q+1. The molecule has 0 aliphatic heterocycles. The molecule has 2 atom stereocenters. The van der Waals surface area contributed by atoms with Gasteiger partial charge in [0.2, 0.25) is 21.1 Å². The Hall–Kier alpha value is -1.47. The summed E-state index contributed by atoms with van der Waals surface area (Å²) in [7, 11) is 0. The van der Waals surface area contributed by atoms with E-state index < -0.39 is 0 Å². The lowest BCUT2D eigenvalue weighted by Gasteiger charge is -2.07. The number of allylic oxidation sites excluding steroid dienone is 4. The van der Waals surface area contributed by atoms with Crippen molar-refractivity contribution in [1.82, 2.24) is 0 Å². The van der Waals surface area contributed by atoms with Gasteiger partial charge in [0.25, 0.3) is 0 Å². The van der Waals surface area contributed by atoms with Crippen LogP contribution in [0.5, 0.6) is 0 Å². The molecule has 0 spiro atoms. The van der Waals surface area contributed by atoms with E-state index in [1.165, 1.54) is 15.3 Å². The molecule has 0 aliphatic carbocycles. The van der Waals surface area contributed by atoms with Gasteiger partial charge in [-0.05, 0) is 25.3 Å². The predicted molar refractivity (Wildman–Crippen MR) is 89.0 cm³/mol. The quantitative estimate of drug-likeness (QED) is 0.400. The Kier molecular flexibility index (Phi) is 6.44. The highest BCUT2D eigenvalue weighted by atomic mass is 32.1. The van der Waals surface area contributed by atoms with E-state index in [0.29, 0.717) is 11.8 Å². The molecule has 0 fully saturated rings. The van der Waals surface area contributed by atoms with Crippen LogP contribution in [0.2, 0.25) is 0 Å². The van der Waals surface area contributed by atoms with Gasteiger partial charge >= 0.3 is 0 Å². The van der Waals surface area contributed by atoms with Crippen molar-refractivity contribution in [3.05, 3.63) is 78.1 Å². The van der Waals surface area contributed by atoms with Crippen molar-refractivity contribution in [2.75, 3.05) is 0 Å². The third-order valence-electron chi connectivity index (χ3n) is 3.12. The highest BCUT2D eigenvalue weighted by Crippen LogP contribution is 2.33. The first-order chi connectivity index (χ1) is 9.15. The number of hydrogen-bond acceptors (Lipinski definition) is 0. The van der Waals surface area contributed by atoms with Crippen LogP contribution < -0.4 is 0 Å². The van der Waals surface area contributed by atoms with E-state index in [9.17, 15) is 0 Å². The lowest BCUT2D eigenvalue weighted by Crippen LogP contribution is -1.97. The zero-order valence-electron chi connectivity index (χ0n) is 11.8. The third-order valence-corrected chi connectivity index (χ3v) is 4.43. The van der Waals surface area contributed by atoms with Crippen LogP contribution in [0.4, 0.5) is 0 Å². The molecule has 0 saturated carbocycles. The first-order valence-electron chi connectivity index (χ1n) is 6.57. The summed E-state index contributed by atoms with van der Waals surface area (Å²) in [5.41, 5.74) is 1.29. The highest BCUT2D eigenvalue weighted by Gasteiger charge is 2.23. The molecule has 1 aromatic rings. The first kappa shape index (κ1) is 15.6. The Bertz CT molecular complexity index is 430. The van der Waals surface area contributed by atoms with Crippen molar-refractivity contribution < 1.29 is 0 Å². The largest absolute Gasteiger partial charge is 0.219 e. The summed E-state index contributed by atoms with van der Waals surface area (Å²) in [6.45, 7) is 17.7. The molecule has 1 heteroatoms. The first-order valence-corrected chi connectivity index (χ1v) is 7.39. The number of aryl methyl sites for hydroxylation is 1. The molecular weight excluding hydrogens is 248 g/mol. The smallest absolute Gasteiger partial charge is 0.103 e. The summed E-state index contributed by atoms with van der Waals surface area (Å²) in [6.07, 6.45) is 9.79. The zero-order valence-corrected chi connectivity index (χ0v) is 12.6. The summed E-state index contributed by atoms with van der Waals surface area (Å²) in [5.74, 6) is 0.714. The van der Waals surface area contributed by atoms with E-state index in [4.69, 9.17) is 0 Å². The molecule has 19 heavy (non-hydrogen) atoms. The molecule has 0 bridgehead atoms. The summed E-state index contributed by atoms with van der Waals surface area (Å²) in [6, 6.07) is 4.50. The maximum Gasteiger partial charge on any atom is 0.219 e. The van der Waals surface area contributed by atoms with Crippen molar-refractivity contribution >= 4 is 11.3 Å². The molecule has 0 radical (unpaired) electrons.